The molecule has 282 valence electrons. The topological polar surface area (TPSA) is 279 Å². The van der Waals surface area contributed by atoms with Crippen molar-refractivity contribution in [2.75, 3.05) is 19.0 Å². The van der Waals surface area contributed by atoms with E-state index in [2.05, 4.69) is 0 Å². The Labute approximate surface area is 280 Å². The molecule has 6 N–H and O–H groups in total. The van der Waals surface area contributed by atoms with Gasteiger partial charge in [-0.2, -0.15) is 0 Å². The summed E-state index contributed by atoms with van der Waals surface area (Å²) in [5.41, 5.74) is 0. The second-order valence-electron chi connectivity index (χ2n) is 11.3. The van der Waals surface area contributed by atoms with Crippen molar-refractivity contribution in [1.82, 2.24) is 0 Å². The summed E-state index contributed by atoms with van der Waals surface area (Å²) in [6.45, 7) is 5.59. The van der Waals surface area contributed by atoms with Gasteiger partial charge in [-0.3, -0.25) is 41.6 Å². The lowest BCUT2D eigenvalue weighted by molar-refractivity contribution is -0.238. The van der Waals surface area contributed by atoms with Crippen LogP contribution in [0.25, 0.3) is 0 Å². The molecule has 1 fully saturated rings. The fourth-order valence-electron chi connectivity index (χ4n) is 4.74. The van der Waals surface area contributed by atoms with Gasteiger partial charge in [0.1, 0.15) is 37.4 Å². The van der Waals surface area contributed by atoms with E-state index in [-0.39, 0.29) is 19.3 Å². The van der Waals surface area contributed by atoms with Crippen molar-refractivity contribution in [3.8, 4) is 0 Å². The first-order chi connectivity index (χ1) is 22.5. The number of aliphatic hydroxyl groups is 3. The number of esters is 3. The van der Waals surface area contributed by atoms with E-state index in [4.69, 9.17) is 27.8 Å². The number of rotatable bonds is 24. The van der Waals surface area contributed by atoms with Gasteiger partial charge in [0.05, 0.1) is 0 Å². The van der Waals surface area contributed by atoms with Crippen LogP contribution < -0.4 is 0 Å². The minimum atomic E-state index is -5.16. The minimum Gasteiger partial charge on any atom is -0.455 e. The molecule has 9 atom stereocenters. The molecule has 18 nitrogen and oxygen atoms in total. The number of unbranched alkanes of at least 4 members (excludes halogenated alkanes) is 6. The van der Waals surface area contributed by atoms with Crippen LogP contribution in [0.4, 0.5) is 0 Å². The molecule has 0 heterocycles. The third kappa shape index (κ3) is 15.7. The van der Waals surface area contributed by atoms with E-state index in [1.54, 1.807) is 0 Å². The molecular weight excluding hydrogens is 705 g/mol. The fraction of sp³-hybridized carbons (Fsp3) is 0.889. The van der Waals surface area contributed by atoms with E-state index in [0.29, 0.717) is 57.8 Å². The molecule has 0 aromatic rings. The van der Waals surface area contributed by atoms with Gasteiger partial charge in [0.2, 0.25) is 0 Å². The smallest absolute Gasteiger partial charge is 0.353 e. The Bertz CT molecular complexity index is 1090. The first kappa shape index (κ1) is 44.8. The Morgan fingerprint density at radius 3 is 0.917 bits per heavy atom. The van der Waals surface area contributed by atoms with Crippen LogP contribution in [0.2, 0.25) is 0 Å². The number of carbonyl (C=O) groups is 3. The first-order valence-electron chi connectivity index (χ1n) is 15.9. The maximum Gasteiger partial charge on any atom is 0.353 e. The lowest BCUT2D eigenvalue weighted by Crippen LogP contribution is -2.68. The van der Waals surface area contributed by atoms with Gasteiger partial charge in [-0.1, -0.05) is 59.3 Å². The molecule has 0 saturated heterocycles. The van der Waals surface area contributed by atoms with Crippen LogP contribution in [-0.4, -0.2) is 104 Å². The molecule has 0 aromatic carbocycles. The molecule has 48 heavy (non-hydrogen) atoms. The van der Waals surface area contributed by atoms with Crippen LogP contribution in [0.1, 0.15) is 97.8 Å². The predicted octanol–water partition coefficient (Wildman–Crippen LogP) is 3.04. The van der Waals surface area contributed by atoms with Gasteiger partial charge >= 0.3 is 40.7 Å². The summed E-state index contributed by atoms with van der Waals surface area (Å²) in [7, 11) is -15.4. The molecule has 0 aliphatic heterocycles. The minimum absolute atomic E-state index is 0.212. The quantitative estimate of drug-likeness (QED) is 0.0357. The fourth-order valence-corrected chi connectivity index (χ4v) is 6.81. The zero-order chi connectivity index (χ0) is 36.5. The highest BCUT2D eigenvalue weighted by Gasteiger charge is 2.61. The van der Waals surface area contributed by atoms with Crippen LogP contribution in [0.5, 0.6) is 0 Å². The van der Waals surface area contributed by atoms with Crippen molar-refractivity contribution in [3.05, 3.63) is 0 Å². The van der Waals surface area contributed by atoms with Crippen molar-refractivity contribution < 1.29 is 85.9 Å². The Morgan fingerprint density at radius 1 is 0.458 bits per heavy atom. The molecule has 21 heteroatoms. The number of carbonyl (C=O) groups excluding carboxylic acids is 3. The maximum atomic E-state index is 13.1. The third-order valence-electron chi connectivity index (χ3n) is 7.09. The van der Waals surface area contributed by atoms with Crippen LogP contribution in [0, 0.1) is 0 Å². The SMILES string of the molecule is CCCCCC(=O)O[C@@H]1[C@@H](OC(=O)CCCCC)[C@H](OP(=O)(O)CO)[C@@H](OP(=O)(O)CO)[C@@H](OP(=O)(O)CO)[C@H]1OC(=O)CCCCC. The second-order valence-corrected chi connectivity index (χ2v) is 16.6. The molecule has 0 aromatic heterocycles. The van der Waals surface area contributed by atoms with E-state index in [1.807, 2.05) is 20.8 Å². The predicted molar refractivity (Wildman–Crippen MR) is 167 cm³/mol. The molecule has 3 unspecified atom stereocenters. The van der Waals surface area contributed by atoms with Crippen LogP contribution >= 0.6 is 22.8 Å². The molecule has 1 saturated carbocycles. The molecule has 1 aliphatic rings. The maximum absolute atomic E-state index is 13.1. The van der Waals surface area contributed by atoms with Crippen molar-refractivity contribution in [3.63, 3.8) is 0 Å². The highest BCUT2D eigenvalue weighted by atomic mass is 31.2. The Kier molecular flexibility index (Phi) is 20.4. The molecule has 1 aliphatic carbocycles. The molecule has 0 radical (unpaired) electrons. The number of hydrogen-bond acceptors (Lipinski definition) is 15. The van der Waals surface area contributed by atoms with Crippen molar-refractivity contribution in [2.45, 2.75) is 134 Å². The van der Waals surface area contributed by atoms with Crippen molar-refractivity contribution in [1.29, 1.82) is 0 Å². The molecule has 1 rings (SSSR count). The number of ether oxygens (including phenoxy) is 3. The monoisotopic (exact) mass is 756 g/mol. The summed E-state index contributed by atoms with van der Waals surface area (Å²) in [4.78, 5) is 70.2. The summed E-state index contributed by atoms with van der Waals surface area (Å²) in [5, 5.41) is 28.7. The molecule has 0 bridgehead atoms. The van der Waals surface area contributed by atoms with Crippen LogP contribution in [0.15, 0.2) is 0 Å². The van der Waals surface area contributed by atoms with E-state index in [9.17, 15) is 58.1 Å². The standard InChI is InChI=1S/C27H51O18P3/c1-4-7-10-13-19(31)40-22-23(41-20(32)14-11-8-5-2)25(43-46(34,35)16-28)27(45-48(38,39)18-30)26(44-47(36,37)17-29)24(22)42-21(33)15-12-9-6-3/h22-30H,4-18H2,1-3H3,(H,34,35)(H,36,37)(H,38,39)/t22-,23-,24+,25-,26-,27-/m0/s1. The van der Waals surface area contributed by atoms with Gasteiger partial charge in [0.25, 0.3) is 0 Å². The van der Waals surface area contributed by atoms with Crippen molar-refractivity contribution >= 4 is 40.7 Å². The van der Waals surface area contributed by atoms with E-state index >= 15 is 0 Å². The zero-order valence-corrected chi connectivity index (χ0v) is 30.2. The van der Waals surface area contributed by atoms with Gasteiger partial charge in [-0.05, 0) is 19.3 Å². The van der Waals surface area contributed by atoms with Crippen molar-refractivity contribution in [2.24, 2.45) is 0 Å². The van der Waals surface area contributed by atoms with E-state index in [1.165, 1.54) is 0 Å². The molecular formula is C27H51O18P3. The summed E-state index contributed by atoms with van der Waals surface area (Å²) < 4.78 is 70.6. The zero-order valence-electron chi connectivity index (χ0n) is 27.5. The van der Waals surface area contributed by atoms with Gasteiger partial charge < -0.3 is 44.2 Å². The van der Waals surface area contributed by atoms with Gasteiger partial charge in [0, 0.05) is 19.3 Å². The average molecular weight is 757 g/mol. The van der Waals surface area contributed by atoms with Gasteiger partial charge in [-0.15, -0.1) is 0 Å². The lowest BCUT2D eigenvalue weighted by Gasteiger charge is -2.48. The van der Waals surface area contributed by atoms with E-state index in [0.717, 1.165) is 0 Å². The Balaban J connectivity index is 4.03. The number of aliphatic hydroxyl groups excluding tert-OH is 3. The summed E-state index contributed by atoms with van der Waals surface area (Å²) >= 11 is 0. The normalized spacial score (nSPS) is 26.4. The van der Waals surface area contributed by atoms with Gasteiger partial charge in [-0.25, -0.2) is 0 Å². The Morgan fingerprint density at radius 2 is 0.688 bits per heavy atom. The van der Waals surface area contributed by atoms with Crippen LogP contribution in [0.3, 0.4) is 0 Å². The highest BCUT2D eigenvalue weighted by Crippen LogP contribution is 2.54. The summed E-state index contributed by atoms with van der Waals surface area (Å²) in [5.74, 6) is -2.90. The Hall–Kier alpha value is -1.26. The largest absolute Gasteiger partial charge is 0.455 e. The molecule has 0 amide bonds. The lowest BCUT2D eigenvalue weighted by atomic mass is 9.84. The van der Waals surface area contributed by atoms with E-state index < -0.39 is 96.4 Å². The first-order valence-corrected chi connectivity index (χ1v) is 21.2. The average Bonchev–Trinajstić information content (AvgIpc) is 3.02. The number of hydrogen-bond donors (Lipinski definition) is 6. The summed E-state index contributed by atoms with van der Waals surface area (Å²) in [6, 6.07) is 0. The third-order valence-corrected chi connectivity index (χ3v) is 9.89. The van der Waals surface area contributed by atoms with Gasteiger partial charge in [0.15, 0.2) is 18.3 Å². The summed E-state index contributed by atoms with van der Waals surface area (Å²) in [6.07, 6.45) is -13.7. The van der Waals surface area contributed by atoms with Crippen LogP contribution in [-0.2, 0) is 55.9 Å². The second kappa shape index (κ2) is 21.8. The molecule has 0 spiro atoms. The highest BCUT2D eigenvalue weighted by molar-refractivity contribution is 7.53.